The number of hydrogen-bond donors (Lipinski definition) is 16. The van der Waals surface area contributed by atoms with Crippen molar-refractivity contribution in [1.29, 1.82) is 0 Å². The highest BCUT2D eigenvalue weighted by Crippen LogP contribution is 2.46. The Kier molecular flexibility index (Phi) is 39.6. The highest BCUT2D eigenvalue weighted by molar-refractivity contribution is 9.10. The third-order valence-corrected chi connectivity index (χ3v) is 31.3. The number of carbonyl (C=O) groups is 4. The number of methoxy groups -OCH3 is 1. The van der Waals surface area contributed by atoms with Gasteiger partial charge in [-0.2, -0.15) is 0 Å². The van der Waals surface area contributed by atoms with E-state index in [4.69, 9.17) is 52.6 Å². The Hall–Kier alpha value is -7.85. The molecule has 0 radical (unpaired) electrons. The first-order valence-electron chi connectivity index (χ1n) is 38.1. The Labute approximate surface area is 716 Å². The molecule has 49 heteroatoms. The molecular weight excluding hydrogens is 1790 g/mol. The number of aromatic amines is 5. The fourth-order valence-corrected chi connectivity index (χ4v) is 15.6. The summed E-state index contributed by atoms with van der Waals surface area (Å²) in [5.74, 6) is -2.73. The van der Waals surface area contributed by atoms with Gasteiger partial charge in [-0.15, -0.1) is 0 Å². The van der Waals surface area contributed by atoms with E-state index in [0.717, 1.165) is 53.7 Å². The first-order valence-corrected chi connectivity index (χ1v) is 45.5. The number of nitrogens with one attached hydrogen (secondary N) is 5. The lowest BCUT2D eigenvalue weighted by molar-refractivity contribution is -0.153. The number of rotatable bonds is 21. The topological polar surface area (TPSA) is 657 Å². The van der Waals surface area contributed by atoms with Gasteiger partial charge < -0.3 is 103 Å². The van der Waals surface area contributed by atoms with Gasteiger partial charge in [-0.05, 0) is 94.8 Å². The second-order valence-electron chi connectivity index (χ2n) is 31.3. The Morgan fingerprint density at radius 1 is 0.484 bits per heavy atom. The Morgan fingerprint density at radius 3 is 1.08 bits per heavy atom. The number of nitrogens with zero attached hydrogens (tertiary/aromatic N) is 5. The van der Waals surface area contributed by atoms with Crippen molar-refractivity contribution in [2.45, 2.75) is 262 Å². The monoisotopic (exact) mass is 1910 g/mol. The van der Waals surface area contributed by atoms with Gasteiger partial charge in [0.05, 0.1) is 84.6 Å². The molecule has 0 aromatic carbocycles. The number of aldehydes is 1. The van der Waals surface area contributed by atoms with Crippen LogP contribution in [0.1, 0.15) is 159 Å². The molecule has 5 fully saturated rings. The van der Waals surface area contributed by atoms with E-state index >= 15 is 0 Å². The van der Waals surface area contributed by atoms with Crippen LogP contribution in [0.4, 0.5) is 0 Å². The molecule has 5 saturated heterocycles. The van der Waals surface area contributed by atoms with Crippen molar-refractivity contribution in [1.82, 2.24) is 47.8 Å². The highest BCUT2D eigenvalue weighted by Gasteiger charge is 2.52. The predicted octanol–water partition coefficient (Wildman–Crippen LogP) is -1.86. The summed E-state index contributed by atoms with van der Waals surface area (Å²) in [5, 5.41) is 105. The molecule has 0 spiro atoms. The van der Waals surface area contributed by atoms with Gasteiger partial charge in [0.1, 0.15) is 54.9 Å². The normalized spacial score (nSPS) is 27.2. The molecule has 16 N–H and O–H groups in total. The zero-order valence-electron chi connectivity index (χ0n) is 69.4. The fraction of sp³-hybridized carbons (Fsp3) is 0.671. The van der Waals surface area contributed by atoms with Gasteiger partial charge in [-0.25, -0.2) is 38.4 Å². The summed E-state index contributed by atoms with van der Waals surface area (Å²) >= 11 is 6.14. The number of aliphatic hydroxyl groups excluding tert-OH is 11. The number of H-pyrrole nitrogens is 5. The lowest BCUT2D eigenvalue weighted by Crippen LogP contribution is -2.48. The molecular formula is C73H116Br2N10O35Si2. The van der Waals surface area contributed by atoms with Crippen molar-refractivity contribution in [2.24, 2.45) is 11.8 Å². The lowest BCUT2D eigenvalue weighted by atomic mass is 9.99. The van der Waals surface area contributed by atoms with Crippen molar-refractivity contribution in [3.63, 3.8) is 0 Å². The summed E-state index contributed by atoms with van der Waals surface area (Å²) in [6.07, 6.45) is -13.5. The molecule has 45 nitrogen and oxygen atoms in total. The van der Waals surface area contributed by atoms with Crippen LogP contribution in [0.3, 0.4) is 0 Å². The van der Waals surface area contributed by atoms with E-state index in [1.165, 1.54) is 21.5 Å². The molecule has 10 rings (SSSR count). The summed E-state index contributed by atoms with van der Waals surface area (Å²) < 4.78 is 60.0. The van der Waals surface area contributed by atoms with Gasteiger partial charge in [0.25, 0.3) is 27.8 Å². The quantitative estimate of drug-likeness (QED) is 0.0126. The number of hydrogen-bond acceptors (Lipinski definition) is 35. The van der Waals surface area contributed by atoms with E-state index in [-0.39, 0.29) is 78.6 Å². The number of ether oxygens (including phenoxy) is 8. The average molecular weight is 1910 g/mol. The molecule has 0 aliphatic carbocycles. The zero-order chi connectivity index (χ0) is 91.9. The maximum absolute atomic E-state index is 12.7. The standard InChI is InChI=1S/C21H36N2O7Si.C17H29BrN2O4Si.C12H16N2O9.C9H11BrN2O6.C9H12N2O6.C4H6O3.CH4.H2/c1-9-14-12(3)16(30-31(7,8)21(4,5)6)18(29-14)23-11-13(17(25)22-20(23)27)15(24)19(26)28-10-2;1-8-12-10(2)13(24-25(6,7)17(3,4)5)15(23-12)20-9-11(18)14(21)19-16(20)22;1-22-11(20)6(16)4-2-14(12(21)13-9(4)19)10-8(18)7(17)5(3-15)23-10;10-3-1-12(9(17)11-7(3)16)8-6(15)5(14)4(2-13)18-8;12-3-4-6(14)7(15)8(17-4)11-2-1-5(13)10-9(11)16;1-2-7-4(6)3-5;;/h11-12,14-16,18,24H,9-10H2,1-8H3,(H,22,25,27);9-10,12-13,15H,8H2,1-7H3,(H,19,21,22);2,5-8,10,15-18H,3H2,1H3,(H,13,19,21);1,4-6,8,13-15H,2H2,(H,11,16,17);1-2,4,6-8,12,14-15H,3H2,(H,10,13,16);3H,2H2,1H3;1H4;1H/t12?,14-,15?,16+,18-;10?,12-,13+,15-;5-,6?,7?,8+,10-;4-,5?,6+,8-;4-,6?,7+,8-;;;/m11111.../s1/i;;;;;;;1+1. The van der Waals surface area contributed by atoms with Gasteiger partial charge in [-0.1, -0.05) is 76.7 Å². The summed E-state index contributed by atoms with van der Waals surface area (Å²) in [4.78, 5) is 171. The Bertz CT molecular complexity index is 4980. The van der Waals surface area contributed by atoms with Crippen molar-refractivity contribution < 1.29 is 124 Å². The molecule has 7 unspecified atom stereocenters. The van der Waals surface area contributed by atoms with Crippen LogP contribution >= 0.6 is 31.9 Å². The van der Waals surface area contributed by atoms with Gasteiger partial charge in [-0.3, -0.25) is 76.5 Å². The summed E-state index contributed by atoms with van der Waals surface area (Å²) in [7, 11) is -3.26. The summed E-state index contributed by atoms with van der Waals surface area (Å²) in [6, 6.07) is 1.09. The van der Waals surface area contributed by atoms with Crippen LogP contribution in [0.25, 0.3) is 0 Å². The SMILES string of the molecule is C.CCOC(=O)C(O)c1cn([C@@H]2O[C@H](CC)C(C)[C@@H]2O[Si](C)(C)C(C)(C)C)c(=O)[nH]c1=O.CCOC(=O)C=O.CC[C@H]1O[C@@H](n2cc(Br)c(=O)[nH]c2=O)[C@@H](O[Si](C)(C)C(C)(C)C)C1C.COC(=O)C(O)c1cn([C@@H]2O[C@H](CO)C(O)[C@@H]2O)c(=O)[nH]c1=O.O=c1[nH]c(=O)n([C@@H]2O[C@H](CO)C(O)[C@@H]2O)cc1Br.O=c1ccn([C@@H]2O[C@H](CO)C(O)[C@@H]2O)c(=O)[nH]1.[2HH]. The van der Waals surface area contributed by atoms with Crippen LogP contribution in [0, 0.1) is 11.8 Å². The molecule has 22 atom stereocenters. The van der Waals surface area contributed by atoms with E-state index in [9.17, 15) is 108 Å². The summed E-state index contributed by atoms with van der Waals surface area (Å²) in [6.45, 7) is 31.8. The molecule has 5 aliphatic heterocycles. The minimum Gasteiger partial charge on any atom is -0.467 e. The van der Waals surface area contributed by atoms with Crippen LogP contribution in [-0.4, -0.2) is 264 Å². The third-order valence-electron chi connectivity index (χ3n) is 21.2. The van der Waals surface area contributed by atoms with E-state index in [1.807, 2.05) is 28.8 Å². The van der Waals surface area contributed by atoms with E-state index in [2.05, 4.69) is 133 Å². The number of halogens is 2. The molecule has 5 aromatic rings. The maximum atomic E-state index is 12.7. The fourth-order valence-electron chi connectivity index (χ4n) is 12.2. The van der Waals surface area contributed by atoms with Gasteiger partial charge in [0.2, 0.25) is 6.29 Å². The molecule has 0 amide bonds. The number of aromatic nitrogens is 10. The largest absolute Gasteiger partial charge is 0.467 e. The van der Waals surface area contributed by atoms with Gasteiger partial charge in [0, 0.05) is 50.3 Å². The molecule has 0 bridgehead atoms. The average Bonchev–Trinajstić information content (AvgIpc) is 1.10. The van der Waals surface area contributed by atoms with Crippen LogP contribution in [0.15, 0.2) is 93.9 Å². The van der Waals surface area contributed by atoms with E-state index in [1.54, 1.807) is 13.8 Å². The number of esters is 3. The predicted molar refractivity (Wildman–Crippen MR) is 442 cm³/mol. The smallest absolute Gasteiger partial charge is 0.371 e. The van der Waals surface area contributed by atoms with E-state index in [0.29, 0.717) is 9.04 Å². The maximum Gasteiger partial charge on any atom is 0.371 e. The zero-order valence-corrected chi connectivity index (χ0v) is 74.6. The van der Waals surface area contributed by atoms with Crippen molar-refractivity contribution in [3.8, 4) is 0 Å². The minimum absolute atomic E-state index is 0. The second-order valence-corrected chi connectivity index (χ2v) is 42.5. The van der Waals surface area contributed by atoms with E-state index < -0.39 is 221 Å². The van der Waals surface area contributed by atoms with Crippen LogP contribution in [0.2, 0.25) is 36.3 Å². The molecule has 690 valence electrons. The van der Waals surface area contributed by atoms with Crippen LogP contribution < -0.4 is 56.2 Å². The van der Waals surface area contributed by atoms with Gasteiger partial charge in [0.15, 0.2) is 60.0 Å². The Balaban J connectivity index is 0.000000392. The first kappa shape index (κ1) is 106. The van der Waals surface area contributed by atoms with Crippen molar-refractivity contribution in [2.75, 3.05) is 40.1 Å². The summed E-state index contributed by atoms with van der Waals surface area (Å²) in [5.41, 5.74) is -7.97. The molecule has 5 aliphatic rings. The highest BCUT2D eigenvalue weighted by atomic mass is 79.9. The molecule has 0 saturated carbocycles. The third kappa shape index (κ3) is 25.5. The molecule has 10 heterocycles. The van der Waals surface area contributed by atoms with Gasteiger partial charge >= 0.3 is 46.4 Å². The number of aliphatic hydroxyl groups is 11. The first-order chi connectivity index (χ1) is 56.2. The van der Waals surface area contributed by atoms with Crippen molar-refractivity contribution >= 4 is 72.7 Å². The van der Waals surface area contributed by atoms with Crippen LogP contribution in [0.5, 0.6) is 0 Å². The second kappa shape index (κ2) is 45.4. The minimum atomic E-state index is -2.21. The lowest BCUT2D eigenvalue weighted by Gasteiger charge is -2.40. The number of carbonyl (C=O) groups excluding carboxylic acids is 4. The Morgan fingerprint density at radius 2 is 0.787 bits per heavy atom. The molecule has 5 aromatic heterocycles. The molecule has 122 heavy (non-hydrogen) atoms. The van der Waals surface area contributed by atoms with Crippen LogP contribution in [-0.2, 0) is 65.9 Å². The van der Waals surface area contributed by atoms with Crippen molar-refractivity contribution in [3.05, 3.63) is 161 Å².